The van der Waals surface area contributed by atoms with Crippen molar-refractivity contribution >= 4 is 17.9 Å². The number of hydrogen-bond donors (Lipinski definition) is 2. The summed E-state index contributed by atoms with van der Waals surface area (Å²) in [5, 5.41) is 24.4. The number of ether oxygens (including phenoxy) is 1. The second-order valence-corrected chi connectivity index (χ2v) is 6.52. The second kappa shape index (κ2) is 7.48. The van der Waals surface area contributed by atoms with Crippen LogP contribution in [0.25, 0.3) is 11.1 Å². The third kappa shape index (κ3) is 3.41. The van der Waals surface area contributed by atoms with E-state index in [1.54, 1.807) is 0 Å². The van der Waals surface area contributed by atoms with Gasteiger partial charge in [0, 0.05) is 5.92 Å². The molecule has 0 saturated heterocycles. The maximum absolute atomic E-state index is 12.4. The zero-order valence-corrected chi connectivity index (χ0v) is 15.2. The van der Waals surface area contributed by atoms with Crippen LogP contribution in [-0.2, 0) is 16.1 Å². The Hall–Kier alpha value is -4.12. The third-order valence-corrected chi connectivity index (χ3v) is 4.81. The van der Waals surface area contributed by atoms with Crippen LogP contribution >= 0.6 is 0 Å². The molecule has 1 heterocycles. The molecule has 29 heavy (non-hydrogen) atoms. The molecule has 144 valence electrons. The van der Waals surface area contributed by atoms with Crippen molar-refractivity contribution in [2.24, 2.45) is 0 Å². The van der Waals surface area contributed by atoms with E-state index in [-0.39, 0.29) is 23.9 Å². The lowest BCUT2D eigenvalue weighted by atomic mass is 9.98. The Morgan fingerprint density at radius 1 is 1.14 bits per heavy atom. The van der Waals surface area contributed by atoms with E-state index in [2.05, 4.69) is 10.4 Å². The zero-order chi connectivity index (χ0) is 20.4. The Morgan fingerprint density at radius 3 is 2.34 bits per heavy atom. The van der Waals surface area contributed by atoms with Gasteiger partial charge in [-0.25, -0.2) is 9.48 Å². The lowest BCUT2D eigenvalue weighted by molar-refractivity contribution is -0.137. The van der Waals surface area contributed by atoms with E-state index < -0.39 is 18.6 Å². The van der Waals surface area contributed by atoms with Crippen LogP contribution < -0.4 is 5.32 Å². The van der Waals surface area contributed by atoms with Gasteiger partial charge in [0.15, 0.2) is 5.82 Å². The van der Waals surface area contributed by atoms with Crippen molar-refractivity contribution in [2.45, 2.75) is 12.5 Å². The molecule has 0 radical (unpaired) electrons. The maximum atomic E-state index is 12.4. The largest absolute Gasteiger partial charge is 0.480 e. The number of aliphatic carboxylic acids is 1. The molecule has 8 nitrogen and oxygen atoms in total. The summed E-state index contributed by atoms with van der Waals surface area (Å²) in [5.74, 6) is -1.26. The van der Waals surface area contributed by atoms with Crippen LogP contribution in [0.15, 0.2) is 54.7 Å². The van der Waals surface area contributed by atoms with E-state index >= 15 is 0 Å². The van der Waals surface area contributed by atoms with E-state index in [0.717, 1.165) is 26.9 Å². The molecule has 1 aliphatic rings. The Balaban J connectivity index is 1.51. The predicted molar refractivity (Wildman–Crippen MR) is 103 cm³/mol. The molecule has 2 aromatic carbocycles. The molecule has 3 aromatic rings. The number of carboxylic acids is 1. The first-order valence-electron chi connectivity index (χ1n) is 8.88. The highest BCUT2D eigenvalue weighted by Gasteiger charge is 2.29. The second-order valence-electron chi connectivity index (χ2n) is 6.52. The molecule has 0 atom stereocenters. The van der Waals surface area contributed by atoms with Gasteiger partial charge in [0.1, 0.15) is 24.8 Å². The summed E-state index contributed by atoms with van der Waals surface area (Å²) < 4.78 is 6.45. The molecule has 0 fully saturated rings. The third-order valence-electron chi connectivity index (χ3n) is 4.81. The minimum atomic E-state index is -1.15. The zero-order valence-electron chi connectivity index (χ0n) is 15.2. The summed E-state index contributed by atoms with van der Waals surface area (Å²) in [6.45, 7) is -0.379. The fourth-order valence-corrected chi connectivity index (χ4v) is 3.58. The lowest BCUT2D eigenvalue weighted by Crippen LogP contribution is -2.21. The Morgan fingerprint density at radius 2 is 1.76 bits per heavy atom. The topological polar surface area (TPSA) is 117 Å². The quantitative estimate of drug-likeness (QED) is 0.693. The molecule has 2 N–H and O–H groups in total. The molecule has 0 unspecified atom stereocenters. The molecule has 1 aliphatic carbocycles. The number of hydrogen-bond acceptors (Lipinski definition) is 5. The van der Waals surface area contributed by atoms with Gasteiger partial charge in [0.25, 0.3) is 0 Å². The van der Waals surface area contributed by atoms with Crippen LogP contribution in [-0.4, -0.2) is 33.6 Å². The SMILES string of the molecule is N#Cc1cnn(CC(=O)O)c1NC(=O)OCC1c2ccccc2-c2ccccc21. The minimum absolute atomic E-state index is 0.00729. The van der Waals surface area contributed by atoms with E-state index in [9.17, 15) is 9.59 Å². The van der Waals surface area contributed by atoms with E-state index in [1.165, 1.54) is 6.20 Å². The number of nitriles is 1. The van der Waals surface area contributed by atoms with Crippen molar-refractivity contribution in [3.8, 4) is 17.2 Å². The number of carbonyl (C=O) groups is 2. The maximum Gasteiger partial charge on any atom is 0.412 e. The van der Waals surface area contributed by atoms with Gasteiger partial charge in [0.05, 0.1) is 6.20 Å². The summed E-state index contributed by atoms with van der Waals surface area (Å²) in [4.78, 5) is 23.3. The van der Waals surface area contributed by atoms with Crippen molar-refractivity contribution in [3.05, 3.63) is 71.4 Å². The van der Waals surface area contributed by atoms with Crippen LogP contribution in [0.5, 0.6) is 0 Å². The van der Waals surface area contributed by atoms with Crippen LogP contribution in [0.3, 0.4) is 0 Å². The molecule has 4 rings (SSSR count). The van der Waals surface area contributed by atoms with Gasteiger partial charge < -0.3 is 9.84 Å². The number of rotatable bonds is 5. The fourth-order valence-electron chi connectivity index (χ4n) is 3.58. The molecular formula is C21H16N4O4. The normalized spacial score (nSPS) is 12.0. The summed E-state index contributed by atoms with van der Waals surface area (Å²) in [5.41, 5.74) is 4.44. The Kier molecular flexibility index (Phi) is 4.71. The van der Waals surface area contributed by atoms with Crippen LogP contribution in [0, 0.1) is 11.3 Å². The number of carbonyl (C=O) groups excluding carboxylic acids is 1. The van der Waals surface area contributed by atoms with Gasteiger partial charge in [-0.15, -0.1) is 0 Å². The average Bonchev–Trinajstić information content (AvgIpc) is 3.24. The number of anilines is 1. The highest BCUT2D eigenvalue weighted by atomic mass is 16.5. The molecule has 1 aromatic heterocycles. The van der Waals surface area contributed by atoms with E-state index in [0.29, 0.717) is 0 Å². The minimum Gasteiger partial charge on any atom is -0.480 e. The Bertz CT molecular complexity index is 1100. The molecule has 0 saturated carbocycles. The van der Waals surface area contributed by atoms with E-state index in [1.807, 2.05) is 54.6 Å². The first-order valence-corrected chi connectivity index (χ1v) is 8.88. The summed E-state index contributed by atoms with van der Waals surface area (Å²) >= 11 is 0. The molecule has 0 aliphatic heterocycles. The smallest absolute Gasteiger partial charge is 0.412 e. The molecule has 0 spiro atoms. The summed E-state index contributed by atoms with van der Waals surface area (Å²) in [6, 6.07) is 17.8. The van der Waals surface area contributed by atoms with Crippen molar-refractivity contribution in [1.82, 2.24) is 9.78 Å². The average molecular weight is 388 g/mol. The molecule has 0 bridgehead atoms. The number of aromatic nitrogens is 2. The molecule has 1 amide bonds. The number of amides is 1. The van der Waals surface area contributed by atoms with Crippen LogP contribution in [0.4, 0.5) is 10.6 Å². The standard InChI is InChI=1S/C21H16N4O4/c22-9-13-10-23-25(11-19(26)27)20(13)24-21(28)29-12-18-16-7-3-1-5-14(16)15-6-2-4-8-17(15)18/h1-8,10,18H,11-12H2,(H,24,28)(H,26,27). The van der Waals surface area contributed by atoms with Crippen LogP contribution in [0.1, 0.15) is 22.6 Å². The van der Waals surface area contributed by atoms with Crippen molar-refractivity contribution < 1.29 is 19.4 Å². The van der Waals surface area contributed by atoms with Crippen molar-refractivity contribution in [1.29, 1.82) is 5.26 Å². The molecule has 8 heteroatoms. The first-order chi connectivity index (χ1) is 14.1. The summed E-state index contributed by atoms with van der Waals surface area (Å²) in [6.07, 6.45) is 0.415. The monoisotopic (exact) mass is 388 g/mol. The van der Waals surface area contributed by atoms with Gasteiger partial charge in [-0.2, -0.15) is 10.4 Å². The fraction of sp³-hybridized carbons (Fsp3) is 0.143. The predicted octanol–water partition coefficient (Wildman–Crippen LogP) is 3.20. The number of benzene rings is 2. The number of nitrogens with zero attached hydrogens (tertiary/aromatic N) is 3. The highest BCUT2D eigenvalue weighted by Crippen LogP contribution is 2.44. The van der Waals surface area contributed by atoms with Gasteiger partial charge in [-0.05, 0) is 22.3 Å². The van der Waals surface area contributed by atoms with Crippen molar-refractivity contribution in [3.63, 3.8) is 0 Å². The summed E-state index contributed by atoms with van der Waals surface area (Å²) in [7, 11) is 0. The van der Waals surface area contributed by atoms with Gasteiger partial charge in [-0.3, -0.25) is 10.1 Å². The van der Waals surface area contributed by atoms with Crippen molar-refractivity contribution in [2.75, 3.05) is 11.9 Å². The lowest BCUT2D eigenvalue weighted by Gasteiger charge is -2.15. The number of carboxylic acid groups (broad SMARTS) is 1. The van der Waals surface area contributed by atoms with Gasteiger partial charge >= 0.3 is 12.1 Å². The Labute approximate surface area is 166 Å². The molecular weight excluding hydrogens is 372 g/mol. The van der Waals surface area contributed by atoms with Crippen LogP contribution in [0.2, 0.25) is 0 Å². The highest BCUT2D eigenvalue weighted by molar-refractivity contribution is 5.86. The number of fused-ring (bicyclic) bond motifs is 3. The van der Waals surface area contributed by atoms with E-state index in [4.69, 9.17) is 15.1 Å². The van der Waals surface area contributed by atoms with Gasteiger partial charge in [-0.1, -0.05) is 48.5 Å². The van der Waals surface area contributed by atoms with Gasteiger partial charge in [0.2, 0.25) is 0 Å². The number of nitrogens with one attached hydrogen (secondary N) is 1. The first kappa shape index (κ1) is 18.3.